The van der Waals surface area contributed by atoms with E-state index in [4.69, 9.17) is 5.26 Å². The lowest BCUT2D eigenvalue weighted by Crippen LogP contribution is -2.07. The average Bonchev–Trinajstić information content (AvgIpc) is 2.27. The highest BCUT2D eigenvalue weighted by atomic mass is 16.5. The molecular weight excluding hydrogens is 190 g/mol. The molecule has 3 heteroatoms. The Kier molecular flexibility index (Phi) is 3.87. The molecule has 1 aromatic carbocycles. The molecule has 0 bridgehead atoms. The number of ether oxygens (including phenoxy) is 1. The zero-order valence-electron chi connectivity index (χ0n) is 8.86. The number of methoxy groups -OCH3 is 1. The lowest BCUT2D eigenvalue weighted by atomic mass is 9.96. The van der Waals surface area contributed by atoms with Crippen LogP contribution in [0.25, 0.3) is 0 Å². The van der Waals surface area contributed by atoms with E-state index in [0.29, 0.717) is 0 Å². The Labute approximate surface area is 89.3 Å². The van der Waals surface area contributed by atoms with Gasteiger partial charge in [0.25, 0.3) is 0 Å². The molecule has 1 unspecified atom stereocenters. The summed E-state index contributed by atoms with van der Waals surface area (Å²) in [4.78, 5) is 11.0. The van der Waals surface area contributed by atoms with E-state index in [-0.39, 0.29) is 12.4 Å². The summed E-state index contributed by atoms with van der Waals surface area (Å²) in [5, 5.41) is 8.94. The molecule has 78 valence electrons. The molecule has 15 heavy (non-hydrogen) atoms. The van der Waals surface area contributed by atoms with Crippen LogP contribution in [0.3, 0.4) is 0 Å². The van der Waals surface area contributed by atoms with Crippen molar-refractivity contribution in [3.63, 3.8) is 0 Å². The first kappa shape index (κ1) is 11.3. The number of aryl methyl sites for hydroxylation is 1. The van der Waals surface area contributed by atoms with Gasteiger partial charge in [0.1, 0.15) is 0 Å². The fourth-order valence-electron chi connectivity index (χ4n) is 1.29. The molecular formula is C12H13NO2. The number of nitriles is 1. The summed E-state index contributed by atoms with van der Waals surface area (Å²) in [6, 6.07) is 9.69. The number of hydrogen-bond acceptors (Lipinski definition) is 3. The molecule has 0 heterocycles. The van der Waals surface area contributed by atoms with Crippen molar-refractivity contribution in [1.82, 2.24) is 0 Å². The normalized spacial score (nSPS) is 11.5. The molecule has 0 amide bonds. The van der Waals surface area contributed by atoms with Crippen LogP contribution in [0.15, 0.2) is 24.3 Å². The molecule has 0 saturated carbocycles. The van der Waals surface area contributed by atoms with Crippen molar-refractivity contribution < 1.29 is 9.53 Å². The summed E-state index contributed by atoms with van der Waals surface area (Å²) in [5.74, 6) is -0.778. The molecule has 0 fully saturated rings. The SMILES string of the molecule is COC(=O)CC(C#N)c1ccc(C)cc1. The van der Waals surface area contributed by atoms with E-state index in [1.54, 1.807) is 0 Å². The zero-order valence-corrected chi connectivity index (χ0v) is 8.86. The minimum Gasteiger partial charge on any atom is -0.469 e. The van der Waals surface area contributed by atoms with Crippen LogP contribution >= 0.6 is 0 Å². The van der Waals surface area contributed by atoms with Crippen molar-refractivity contribution in [2.24, 2.45) is 0 Å². The third-order valence-electron chi connectivity index (χ3n) is 2.23. The smallest absolute Gasteiger partial charge is 0.307 e. The molecule has 0 radical (unpaired) electrons. The minimum atomic E-state index is -0.418. The number of carbonyl (C=O) groups is 1. The molecule has 1 rings (SSSR count). The van der Waals surface area contributed by atoms with Gasteiger partial charge >= 0.3 is 5.97 Å². The summed E-state index contributed by atoms with van der Waals surface area (Å²) in [6.45, 7) is 1.98. The van der Waals surface area contributed by atoms with Gasteiger partial charge in [-0.2, -0.15) is 5.26 Å². The number of rotatable bonds is 3. The van der Waals surface area contributed by atoms with Gasteiger partial charge in [0.15, 0.2) is 0 Å². The van der Waals surface area contributed by atoms with Crippen LogP contribution in [-0.2, 0) is 9.53 Å². The van der Waals surface area contributed by atoms with Crippen molar-refractivity contribution in [2.45, 2.75) is 19.3 Å². The predicted molar refractivity (Wildman–Crippen MR) is 56.2 cm³/mol. The van der Waals surface area contributed by atoms with Gasteiger partial charge in [-0.1, -0.05) is 29.8 Å². The first-order chi connectivity index (χ1) is 7.17. The van der Waals surface area contributed by atoms with Crippen molar-refractivity contribution in [1.29, 1.82) is 5.26 Å². The number of hydrogen-bond donors (Lipinski definition) is 0. The summed E-state index contributed by atoms with van der Waals surface area (Å²) in [5.41, 5.74) is 1.99. The van der Waals surface area contributed by atoms with Crippen LogP contribution in [-0.4, -0.2) is 13.1 Å². The molecule has 0 aliphatic rings. The summed E-state index contributed by atoms with van der Waals surface area (Å²) in [7, 11) is 1.33. The fourth-order valence-corrected chi connectivity index (χ4v) is 1.29. The van der Waals surface area contributed by atoms with E-state index in [1.165, 1.54) is 7.11 Å². The highest BCUT2D eigenvalue weighted by Crippen LogP contribution is 2.19. The van der Waals surface area contributed by atoms with E-state index in [9.17, 15) is 4.79 Å². The van der Waals surface area contributed by atoms with Gasteiger partial charge in [0, 0.05) is 0 Å². The molecule has 3 nitrogen and oxygen atoms in total. The van der Waals surface area contributed by atoms with Crippen LogP contribution in [0, 0.1) is 18.3 Å². The topological polar surface area (TPSA) is 50.1 Å². The Morgan fingerprint density at radius 1 is 1.47 bits per heavy atom. The zero-order chi connectivity index (χ0) is 11.3. The van der Waals surface area contributed by atoms with Crippen LogP contribution < -0.4 is 0 Å². The molecule has 1 atom stereocenters. The van der Waals surface area contributed by atoms with E-state index < -0.39 is 5.92 Å². The highest BCUT2D eigenvalue weighted by molar-refractivity contribution is 5.71. The van der Waals surface area contributed by atoms with Gasteiger partial charge in [-0.05, 0) is 12.5 Å². The summed E-state index contributed by atoms with van der Waals surface area (Å²) in [6.07, 6.45) is 0.107. The largest absolute Gasteiger partial charge is 0.469 e. The monoisotopic (exact) mass is 203 g/mol. The minimum absolute atomic E-state index is 0.107. The number of nitrogens with zero attached hydrogens (tertiary/aromatic N) is 1. The molecule has 0 aliphatic heterocycles. The van der Waals surface area contributed by atoms with Crippen LogP contribution in [0.2, 0.25) is 0 Å². The van der Waals surface area contributed by atoms with Gasteiger partial charge in [-0.15, -0.1) is 0 Å². The Morgan fingerprint density at radius 3 is 2.53 bits per heavy atom. The number of benzene rings is 1. The molecule has 0 saturated heterocycles. The van der Waals surface area contributed by atoms with Crippen molar-refractivity contribution in [2.75, 3.05) is 7.11 Å². The van der Waals surface area contributed by atoms with Gasteiger partial charge < -0.3 is 4.74 Å². The van der Waals surface area contributed by atoms with E-state index in [0.717, 1.165) is 11.1 Å². The van der Waals surface area contributed by atoms with E-state index in [1.807, 2.05) is 31.2 Å². The number of esters is 1. The second-order valence-electron chi connectivity index (χ2n) is 3.37. The first-order valence-electron chi connectivity index (χ1n) is 4.70. The van der Waals surface area contributed by atoms with Gasteiger partial charge in [-0.25, -0.2) is 0 Å². The van der Waals surface area contributed by atoms with E-state index >= 15 is 0 Å². The Hall–Kier alpha value is -1.82. The third-order valence-corrected chi connectivity index (χ3v) is 2.23. The van der Waals surface area contributed by atoms with Gasteiger partial charge in [0.05, 0.1) is 25.5 Å². The van der Waals surface area contributed by atoms with Crippen molar-refractivity contribution in [3.05, 3.63) is 35.4 Å². The maximum atomic E-state index is 11.0. The predicted octanol–water partition coefficient (Wildman–Crippen LogP) is 2.17. The molecule has 0 N–H and O–H groups in total. The van der Waals surface area contributed by atoms with Crippen LogP contribution in [0.1, 0.15) is 23.5 Å². The highest BCUT2D eigenvalue weighted by Gasteiger charge is 2.15. The standard InChI is InChI=1S/C12H13NO2/c1-9-3-5-10(6-4-9)11(8-13)7-12(14)15-2/h3-6,11H,7H2,1-2H3. The second-order valence-corrected chi connectivity index (χ2v) is 3.37. The lowest BCUT2D eigenvalue weighted by molar-refractivity contribution is -0.140. The van der Waals surface area contributed by atoms with Crippen LogP contribution in [0.4, 0.5) is 0 Å². The van der Waals surface area contributed by atoms with Gasteiger partial charge in [-0.3, -0.25) is 4.79 Å². The Morgan fingerprint density at radius 2 is 2.07 bits per heavy atom. The average molecular weight is 203 g/mol. The summed E-state index contributed by atoms with van der Waals surface area (Å²) < 4.78 is 4.54. The fraction of sp³-hybridized carbons (Fsp3) is 0.333. The Bertz CT molecular complexity index is 376. The maximum Gasteiger partial charge on any atom is 0.307 e. The third kappa shape index (κ3) is 3.10. The first-order valence-corrected chi connectivity index (χ1v) is 4.70. The quantitative estimate of drug-likeness (QED) is 0.707. The van der Waals surface area contributed by atoms with Crippen molar-refractivity contribution in [3.8, 4) is 6.07 Å². The van der Waals surface area contributed by atoms with E-state index in [2.05, 4.69) is 10.8 Å². The molecule has 1 aromatic rings. The Balaban J connectivity index is 2.80. The maximum absolute atomic E-state index is 11.0. The summed E-state index contributed by atoms with van der Waals surface area (Å²) >= 11 is 0. The molecule has 0 spiro atoms. The van der Waals surface area contributed by atoms with Gasteiger partial charge in [0.2, 0.25) is 0 Å². The van der Waals surface area contributed by atoms with Crippen LogP contribution in [0.5, 0.6) is 0 Å². The lowest BCUT2D eigenvalue weighted by Gasteiger charge is -2.07. The van der Waals surface area contributed by atoms with Crippen molar-refractivity contribution >= 4 is 5.97 Å². The number of carbonyl (C=O) groups excluding carboxylic acids is 1. The molecule has 0 aromatic heterocycles. The second kappa shape index (κ2) is 5.16. The molecule has 0 aliphatic carbocycles.